The smallest absolute Gasteiger partial charge is 0.267 e. The van der Waals surface area contributed by atoms with E-state index in [0.717, 1.165) is 12.8 Å². The number of aromatic nitrogens is 3. The number of hydrogen-bond donors (Lipinski definition) is 0. The first-order valence-electron chi connectivity index (χ1n) is 8.33. The molecule has 25 heavy (non-hydrogen) atoms. The van der Waals surface area contributed by atoms with Gasteiger partial charge in [0.2, 0.25) is 0 Å². The van der Waals surface area contributed by atoms with Gasteiger partial charge in [-0.2, -0.15) is 5.10 Å². The van der Waals surface area contributed by atoms with Crippen LogP contribution in [0.15, 0.2) is 35.3 Å². The Morgan fingerprint density at radius 1 is 1.24 bits per heavy atom. The third-order valence-corrected chi connectivity index (χ3v) is 4.06. The van der Waals surface area contributed by atoms with Crippen LogP contribution in [0, 0.1) is 17.8 Å². The minimum Gasteiger partial charge on any atom is -0.369 e. The van der Waals surface area contributed by atoms with E-state index in [1.54, 1.807) is 24.4 Å². The molecule has 6 heteroatoms. The van der Waals surface area contributed by atoms with Gasteiger partial charge >= 0.3 is 0 Å². The standard InChI is InChI=1S/C19H22ClN3O2/c1-3-15(2)10-13-25-12-5-4-11-23-19(24)9-8-18(22-23)17-7-6-16(20)14-21-17/h6-9,14-15H,3,10-13H2,1-2H3. The Balaban J connectivity index is 1.92. The van der Waals surface area contributed by atoms with Gasteiger partial charge in [0.05, 0.1) is 10.7 Å². The van der Waals surface area contributed by atoms with Crippen LogP contribution in [0.4, 0.5) is 0 Å². The molecule has 1 atom stereocenters. The fraction of sp³-hybridized carbons (Fsp3) is 0.421. The molecule has 0 aliphatic rings. The van der Waals surface area contributed by atoms with Gasteiger partial charge in [0.25, 0.3) is 5.56 Å². The molecule has 0 fully saturated rings. The van der Waals surface area contributed by atoms with E-state index in [0.29, 0.717) is 35.5 Å². The highest BCUT2D eigenvalue weighted by atomic mass is 35.5. The Bertz CT molecular complexity index is 791. The van der Waals surface area contributed by atoms with Crippen molar-refractivity contribution in [2.45, 2.75) is 33.2 Å². The summed E-state index contributed by atoms with van der Waals surface area (Å²) in [5, 5.41) is 4.85. The van der Waals surface area contributed by atoms with Gasteiger partial charge in [-0.1, -0.05) is 43.7 Å². The van der Waals surface area contributed by atoms with Crippen molar-refractivity contribution in [3.8, 4) is 23.2 Å². The minimum absolute atomic E-state index is 0.204. The van der Waals surface area contributed by atoms with Crippen molar-refractivity contribution < 1.29 is 4.74 Å². The summed E-state index contributed by atoms with van der Waals surface area (Å²) in [6, 6.07) is 6.59. The zero-order chi connectivity index (χ0) is 18.1. The summed E-state index contributed by atoms with van der Waals surface area (Å²) >= 11 is 5.83. The Morgan fingerprint density at radius 2 is 2.04 bits per heavy atom. The van der Waals surface area contributed by atoms with E-state index >= 15 is 0 Å². The summed E-state index contributed by atoms with van der Waals surface area (Å²) in [7, 11) is 0. The van der Waals surface area contributed by atoms with Crippen LogP contribution in [0.1, 0.15) is 26.7 Å². The highest BCUT2D eigenvalue weighted by Gasteiger charge is 2.04. The third kappa shape index (κ3) is 6.33. The second-order valence-corrected chi connectivity index (χ2v) is 6.22. The van der Waals surface area contributed by atoms with Crippen LogP contribution in [0.3, 0.4) is 0 Å². The lowest BCUT2D eigenvalue weighted by atomic mass is 10.1. The monoisotopic (exact) mass is 359 g/mol. The van der Waals surface area contributed by atoms with E-state index in [-0.39, 0.29) is 12.1 Å². The van der Waals surface area contributed by atoms with Gasteiger partial charge in [0.15, 0.2) is 0 Å². The Labute approximate surface area is 153 Å². The third-order valence-electron chi connectivity index (χ3n) is 3.84. The second-order valence-electron chi connectivity index (χ2n) is 5.78. The zero-order valence-electron chi connectivity index (χ0n) is 14.5. The van der Waals surface area contributed by atoms with Crippen LogP contribution >= 0.6 is 11.6 Å². The maximum Gasteiger partial charge on any atom is 0.267 e. The van der Waals surface area contributed by atoms with E-state index in [4.69, 9.17) is 16.3 Å². The molecule has 2 heterocycles. The molecule has 2 aromatic rings. The first-order chi connectivity index (χ1) is 12.1. The van der Waals surface area contributed by atoms with Crippen LogP contribution in [0.5, 0.6) is 0 Å². The van der Waals surface area contributed by atoms with Gasteiger partial charge in [-0.15, -0.1) is 0 Å². The number of halogens is 1. The average Bonchev–Trinajstić information content (AvgIpc) is 2.62. The summed E-state index contributed by atoms with van der Waals surface area (Å²) in [5.74, 6) is 6.50. The van der Waals surface area contributed by atoms with Crippen molar-refractivity contribution in [3.05, 3.63) is 45.8 Å². The molecule has 2 aromatic heterocycles. The van der Waals surface area contributed by atoms with E-state index in [1.807, 2.05) is 0 Å². The van der Waals surface area contributed by atoms with E-state index in [1.165, 1.54) is 10.7 Å². The molecule has 0 bridgehead atoms. The van der Waals surface area contributed by atoms with E-state index < -0.39 is 0 Å². The van der Waals surface area contributed by atoms with Crippen LogP contribution in [0.2, 0.25) is 5.02 Å². The van der Waals surface area contributed by atoms with Gasteiger partial charge in [-0.05, 0) is 30.5 Å². The molecule has 5 nitrogen and oxygen atoms in total. The summed E-state index contributed by atoms with van der Waals surface area (Å²) in [6.07, 6.45) is 3.74. The first kappa shape index (κ1) is 19.2. The van der Waals surface area contributed by atoms with Gasteiger partial charge in [0, 0.05) is 18.9 Å². The molecule has 0 radical (unpaired) electrons. The fourth-order valence-electron chi connectivity index (χ4n) is 2.02. The molecule has 2 rings (SSSR count). The van der Waals surface area contributed by atoms with Crippen LogP contribution in [-0.2, 0) is 11.3 Å². The highest BCUT2D eigenvalue weighted by Crippen LogP contribution is 2.14. The van der Waals surface area contributed by atoms with E-state index in [2.05, 4.69) is 35.8 Å². The molecule has 0 N–H and O–H groups in total. The Hall–Kier alpha value is -2.16. The zero-order valence-corrected chi connectivity index (χ0v) is 15.3. The summed E-state index contributed by atoms with van der Waals surface area (Å²) in [5.41, 5.74) is 1.05. The largest absolute Gasteiger partial charge is 0.369 e. The summed E-state index contributed by atoms with van der Waals surface area (Å²) in [4.78, 5) is 16.1. The molecule has 0 spiro atoms. The van der Waals surface area contributed by atoms with Crippen molar-refractivity contribution in [2.75, 3.05) is 13.2 Å². The molecular formula is C19H22ClN3O2. The van der Waals surface area contributed by atoms with Crippen molar-refractivity contribution in [3.63, 3.8) is 0 Å². The normalized spacial score (nSPS) is 11.6. The maximum absolute atomic E-state index is 11.9. The van der Waals surface area contributed by atoms with Crippen LogP contribution in [-0.4, -0.2) is 28.0 Å². The number of hydrogen-bond acceptors (Lipinski definition) is 4. The molecular weight excluding hydrogens is 338 g/mol. The van der Waals surface area contributed by atoms with Gasteiger partial charge < -0.3 is 4.74 Å². The lowest BCUT2D eigenvalue weighted by molar-refractivity contribution is 0.151. The average molecular weight is 360 g/mol. The Morgan fingerprint density at radius 3 is 2.76 bits per heavy atom. The van der Waals surface area contributed by atoms with Crippen LogP contribution in [0.25, 0.3) is 11.4 Å². The SMILES string of the molecule is CCC(C)CCOCC#CCn1nc(-c2ccc(Cl)cn2)ccc1=O. The fourth-order valence-corrected chi connectivity index (χ4v) is 2.13. The van der Waals surface area contributed by atoms with Crippen molar-refractivity contribution in [2.24, 2.45) is 5.92 Å². The van der Waals surface area contributed by atoms with Crippen molar-refractivity contribution in [1.82, 2.24) is 14.8 Å². The molecule has 0 aliphatic carbocycles. The topological polar surface area (TPSA) is 57.0 Å². The number of ether oxygens (including phenoxy) is 1. The molecule has 0 amide bonds. The minimum atomic E-state index is -0.204. The van der Waals surface area contributed by atoms with E-state index in [9.17, 15) is 4.79 Å². The predicted octanol–water partition coefficient (Wildman–Crippen LogP) is 3.41. The van der Waals surface area contributed by atoms with Crippen molar-refractivity contribution >= 4 is 11.6 Å². The first-order valence-corrected chi connectivity index (χ1v) is 8.71. The maximum atomic E-state index is 11.9. The lowest BCUT2D eigenvalue weighted by Crippen LogP contribution is -2.21. The molecule has 0 aliphatic heterocycles. The number of rotatable bonds is 7. The number of pyridine rings is 1. The lowest BCUT2D eigenvalue weighted by Gasteiger charge is -2.06. The van der Waals surface area contributed by atoms with Gasteiger partial charge in [-0.3, -0.25) is 9.78 Å². The second kappa shape index (κ2) is 9.97. The summed E-state index contributed by atoms with van der Waals surface area (Å²) < 4.78 is 6.79. The molecule has 0 saturated heterocycles. The molecule has 1 unspecified atom stereocenters. The molecule has 0 aromatic carbocycles. The molecule has 132 valence electrons. The quantitative estimate of drug-likeness (QED) is 0.561. The highest BCUT2D eigenvalue weighted by molar-refractivity contribution is 6.30. The van der Waals surface area contributed by atoms with Crippen molar-refractivity contribution in [1.29, 1.82) is 0 Å². The molecule has 0 saturated carbocycles. The van der Waals surface area contributed by atoms with Crippen LogP contribution < -0.4 is 5.56 Å². The van der Waals surface area contributed by atoms with Gasteiger partial charge in [-0.25, -0.2) is 4.68 Å². The Kier molecular flexibility index (Phi) is 7.65. The van der Waals surface area contributed by atoms with Gasteiger partial charge in [0.1, 0.15) is 18.8 Å². The summed E-state index contributed by atoms with van der Waals surface area (Å²) in [6.45, 7) is 5.66. The number of nitrogens with zero attached hydrogens (tertiary/aromatic N) is 3. The predicted molar refractivity (Wildman–Crippen MR) is 99.4 cm³/mol.